The molecule has 0 aliphatic rings. The van der Waals surface area contributed by atoms with Gasteiger partial charge >= 0.3 is 5.97 Å². The summed E-state index contributed by atoms with van der Waals surface area (Å²) in [7, 11) is 1.20. The minimum Gasteiger partial charge on any atom is -0.469 e. The van der Waals surface area contributed by atoms with Crippen molar-refractivity contribution in [1.29, 1.82) is 0 Å². The Morgan fingerprint density at radius 2 is 1.63 bits per heavy atom. The highest BCUT2D eigenvalue weighted by Crippen LogP contribution is 2.30. The fourth-order valence-electron chi connectivity index (χ4n) is 4.43. The van der Waals surface area contributed by atoms with Crippen LogP contribution in [0.2, 0.25) is 0 Å². The number of hydrogen-bond donors (Lipinski definition) is 1. The number of methoxy groups -OCH3 is 1. The summed E-state index contributed by atoms with van der Waals surface area (Å²) in [5, 5.41) is 11.7. The molecule has 3 aromatic carbocycles. The van der Waals surface area contributed by atoms with Crippen LogP contribution in [0.5, 0.6) is 0 Å². The van der Waals surface area contributed by atoms with Crippen LogP contribution >= 0.6 is 0 Å². The average Bonchev–Trinajstić information content (AvgIpc) is 2.92. The number of halogens is 1. The number of ketones is 1. The molecule has 7 heteroatoms. The highest BCUT2D eigenvalue weighted by Gasteiger charge is 2.18. The zero-order valence-corrected chi connectivity index (χ0v) is 21.0. The Hall–Kier alpha value is -4.36. The summed E-state index contributed by atoms with van der Waals surface area (Å²) >= 11 is 0. The number of esters is 1. The Bertz CT molecular complexity index is 1520. The average molecular weight is 514 g/mol. The van der Waals surface area contributed by atoms with E-state index in [0.29, 0.717) is 40.6 Å². The number of aliphatic hydroxyl groups excluding tert-OH is 1. The van der Waals surface area contributed by atoms with Crippen molar-refractivity contribution in [2.45, 2.75) is 31.9 Å². The van der Waals surface area contributed by atoms with E-state index in [-0.39, 0.29) is 12.0 Å². The maximum absolute atomic E-state index is 13.8. The molecule has 1 unspecified atom stereocenters. The number of fused-ring (bicyclic) bond motifs is 1. The lowest BCUT2D eigenvalue weighted by molar-refractivity contribution is -0.143. The van der Waals surface area contributed by atoms with Crippen LogP contribution in [0.15, 0.2) is 89.7 Å². The number of ether oxygens (including phenoxy) is 1. The molecule has 6 nitrogen and oxygen atoms in total. The topological polar surface area (TPSA) is 85.6 Å². The van der Waals surface area contributed by atoms with Gasteiger partial charge in [-0.15, -0.1) is 0 Å². The maximum Gasteiger partial charge on any atom is 0.313 e. The summed E-state index contributed by atoms with van der Waals surface area (Å²) in [6, 6.07) is 22.9. The van der Waals surface area contributed by atoms with Crippen LogP contribution in [-0.2, 0) is 27.3 Å². The predicted octanol–water partition coefficient (Wildman–Crippen LogP) is 4.95. The summed E-state index contributed by atoms with van der Waals surface area (Å²) in [5.41, 5.74) is 2.75. The molecule has 0 aliphatic carbocycles. The summed E-state index contributed by atoms with van der Waals surface area (Å²) in [6.07, 6.45) is 1.90. The van der Waals surface area contributed by atoms with E-state index >= 15 is 0 Å². The Labute approximate surface area is 219 Å². The first-order valence-corrected chi connectivity index (χ1v) is 12.3. The Morgan fingerprint density at radius 3 is 2.32 bits per heavy atom. The van der Waals surface area contributed by atoms with Crippen molar-refractivity contribution in [1.82, 2.24) is 4.57 Å². The second-order valence-electron chi connectivity index (χ2n) is 8.93. The van der Waals surface area contributed by atoms with E-state index in [0.717, 1.165) is 5.56 Å². The molecule has 1 atom stereocenters. The van der Waals surface area contributed by atoms with E-state index in [1.54, 1.807) is 34.9 Å². The molecular formula is C31H28FNO5. The lowest BCUT2D eigenvalue weighted by Gasteiger charge is -2.19. The minimum atomic E-state index is -1.16. The van der Waals surface area contributed by atoms with Gasteiger partial charge in [-0.3, -0.25) is 14.4 Å². The zero-order chi connectivity index (χ0) is 27.1. The van der Waals surface area contributed by atoms with Gasteiger partial charge in [-0.2, -0.15) is 0 Å². The van der Waals surface area contributed by atoms with Gasteiger partial charge in [0.05, 0.1) is 18.9 Å². The van der Waals surface area contributed by atoms with E-state index in [9.17, 15) is 23.9 Å². The first-order chi connectivity index (χ1) is 18.4. The van der Waals surface area contributed by atoms with Crippen molar-refractivity contribution in [3.63, 3.8) is 0 Å². The maximum atomic E-state index is 13.8. The van der Waals surface area contributed by atoms with Crippen LogP contribution in [0.3, 0.4) is 0 Å². The van der Waals surface area contributed by atoms with E-state index in [1.807, 2.05) is 42.5 Å². The molecule has 38 heavy (non-hydrogen) atoms. The highest BCUT2D eigenvalue weighted by atomic mass is 19.1. The monoisotopic (exact) mass is 513 g/mol. The minimum absolute atomic E-state index is 0.179. The number of aliphatic hydroxyl groups is 1. The normalized spacial score (nSPS) is 12.1. The third-order valence-electron chi connectivity index (χ3n) is 6.29. The molecule has 0 radical (unpaired) electrons. The van der Waals surface area contributed by atoms with E-state index < -0.39 is 30.1 Å². The van der Waals surface area contributed by atoms with Crippen LogP contribution in [-0.4, -0.2) is 34.6 Å². The Morgan fingerprint density at radius 1 is 0.974 bits per heavy atom. The second-order valence-corrected chi connectivity index (χ2v) is 8.93. The molecule has 0 aliphatic heterocycles. The molecule has 0 saturated heterocycles. The van der Waals surface area contributed by atoms with Crippen LogP contribution in [0.25, 0.3) is 28.1 Å². The van der Waals surface area contributed by atoms with Gasteiger partial charge < -0.3 is 14.4 Å². The largest absolute Gasteiger partial charge is 0.469 e. The van der Waals surface area contributed by atoms with E-state index in [1.165, 1.54) is 25.3 Å². The van der Waals surface area contributed by atoms with Gasteiger partial charge in [-0.1, -0.05) is 60.7 Å². The molecule has 194 valence electrons. The third kappa shape index (κ3) is 6.30. The standard InChI is InChI=1S/C31H28FNO5/c1-38-29(36)20-25(35)19-24(34)15-16-27-26-9-5-6-10-28(26)31(37)33(18-17-21-7-3-2-4-8-21)30(27)22-11-13-23(32)14-12-22/h2-16,24,34H,17-20H2,1H3. The molecule has 0 amide bonds. The van der Waals surface area contributed by atoms with Gasteiger partial charge in [0.2, 0.25) is 0 Å². The molecular weight excluding hydrogens is 485 g/mol. The number of pyridine rings is 1. The van der Waals surface area contributed by atoms with Gasteiger partial charge in [0.15, 0.2) is 0 Å². The van der Waals surface area contributed by atoms with Gasteiger partial charge in [-0.05, 0) is 53.3 Å². The third-order valence-corrected chi connectivity index (χ3v) is 6.29. The molecule has 4 rings (SSSR count). The number of aryl methyl sites for hydroxylation is 1. The fraction of sp³-hybridized carbons (Fsp3) is 0.194. The van der Waals surface area contributed by atoms with Crippen LogP contribution < -0.4 is 5.56 Å². The molecule has 4 aromatic rings. The summed E-state index contributed by atoms with van der Waals surface area (Å²) in [4.78, 5) is 37.2. The summed E-state index contributed by atoms with van der Waals surface area (Å²) in [6.45, 7) is 0.376. The van der Waals surface area contributed by atoms with Gasteiger partial charge in [0.1, 0.15) is 18.0 Å². The van der Waals surface area contributed by atoms with Crippen molar-refractivity contribution in [2.24, 2.45) is 0 Å². The number of nitrogens with zero attached hydrogens (tertiary/aromatic N) is 1. The van der Waals surface area contributed by atoms with E-state index in [2.05, 4.69) is 4.74 Å². The van der Waals surface area contributed by atoms with Gasteiger partial charge in [0, 0.05) is 23.9 Å². The van der Waals surface area contributed by atoms with Crippen molar-refractivity contribution >= 4 is 28.6 Å². The van der Waals surface area contributed by atoms with Crippen LogP contribution in [0, 0.1) is 5.82 Å². The number of benzene rings is 3. The number of carbonyl (C=O) groups is 2. The molecule has 1 aromatic heterocycles. The zero-order valence-electron chi connectivity index (χ0n) is 21.0. The Kier molecular flexibility index (Phi) is 8.61. The van der Waals surface area contributed by atoms with Crippen molar-refractivity contribution < 1.29 is 23.8 Å². The SMILES string of the molecule is COC(=O)CC(=O)CC(O)C=Cc1c(-c2ccc(F)cc2)n(CCc2ccccc2)c(=O)c2ccccc12. The van der Waals surface area contributed by atoms with Gasteiger partial charge in [-0.25, -0.2) is 4.39 Å². The molecule has 1 N–H and O–H groups in total. The summed E-state index contributed by atoms with van der Waals surface area (Å²) in [5.74, 6) is -1.52. The Balaban J connectivity index is 1.82. The molecule has 0 spiro atoms. The fourth-order valence-corrected chi connectivity index (χ4v) is 4.43. The predicted molar refractivity (Wildman–Crippen MR) is 145 cm³/mol. The van der Waals surface area contributed by atoms with Crippen molar-refractivity contribution in [3.8, 4) is 11.3 Å². The number of hydrogen-bond acceptors (Lipinski definition) is 5. The number of Topliss-reactive ketones (excluding diaryl/α,β-unsaturated/α-hetero) is 1. The summed E-state index contributed by atoms with van der Waals surface area (Å²) < 4.78 is 20.0. The molecule has 1 heterocycles. The van der Waals surface area contributed by atoms with Gasteiger partial charge in [0.25, 0.3) is 5.56 Å². The highest BCUT2D eigenvalue weighted by molar-refractivity contribution is 5.97. The van der Waals surface area contributed by atoms with Crippen LogP contribution in [0.4, 0.5) is 4.39 Å². The molecule has 0 bridgehead atoms. The molecule has 0 fully saturated rings. The first-order valence-electron chi connectivity index (χ1n) is 12.3. The first kappa shape index (κ1) is 26.7. The number of rotatable bonds is 10. The van der Waals surface area contributed by atoms with Crippen LogP contribution in [0.1, 0.15) is 24.0 Å². The quantitative estimate of drug-likeness (QED) is 0.240. The number of carbonyl (C=O) groups excluding carboxylic acids is 2. The number of aromatic nitrogens is 1. The van der Waals surface area contributed by atoms with Crippen molar-refractivity contribution in [3.05, 3.63) is 112 Å². The van der Waals surface area contributed by atoms with E-state index in [4.69, 9.17) is 0 Å². The molecule has 0 saturated carbocycles. The second kappa shape index (κ2) is 12.3. The lowest BCUT2D eigenvalue weighted by atomic mass is 9.97. The van der Waals surface area contributed by atoms with Crippen molar-refractivity contribution in [2.75, 3.05) is 7.11 Å². The lowest BCUT2D eigenvalue weighted by Crippen LogP contribution is -2.24. The smallest absolute Gasteiger partial charge is 0.313 e.